The molecule has 19 heavy (non-hydrogen) atoms. The number of rotatable bonds is 2. The fourth-order valence-corrected chi connectivity index (χ4v) is 2.56. The zero-order chi connectivity index (χ0) is 13.4. The molecule has 2 heterocycles. The minimum Gasteiger partial charge on any atom is -0.478 e. The molecule has 0 aliphatic carbocycles. The van der Waals surface area contributed by atoms with E-state index in [9.17, 15) is 9.59 Å². The molecule has 0 amide bonds. The van der Waals surface area contributed by atoms with Crippen molar-refractivity contribution in [3.05, 3.63) is 34.2 Å². The van der Waals surface area contributed by atoms with Crippen molar-refractivity contribution in [3.8, 4) is 0 Å². The summed E-state index contributed by atoms with van der Waals surface area (Å²) in [4.78, 5) is 25.8. The van der Waals surface area contributed by atoms with Gasteiger partial charge in [-0.2, -0.15) is 0 Å². The molecule has 0 bridgehead atoms. The first-order valence-corrected chi connectivity index (χ1v) is 6.22. The van der Waals surface area contributed by atoms with E-state index in [-0.39, 0.29) is 17.3 Å². The monoisotopic (exact) mass is 262 g/mol. The molecule has 0 spiro atoms. The lowest BCUT2D eigenvalue weighted by atomic mass is 10.1. The standard InChI is InChI=1S/C13H14N2O4/c16-12(17)8-1-2-10-11(7-8)15(13(18)14-10)9-3-5-19-6-4-9/h1-2,7,9H,3-6H2,(H,14,18)(H,16,17). The number of aromatic carboxylic acids is 1. The van der Waals surface area contributed by atoms with Crippen LogP contribution in [-0.2, 0) is 4.74 Å². The third-order valence-corrected chi connectivity index (χ3v) is 3.52. The smallest absolute Gasteiger partial charge is 0.335 e. The van der Waals surface area contributed by atoms with E-state index in [1.54, 1.807) is 16.7 Å². The summed E-state index contributed by atoms with van der Waals surface area (Å²) >= 11 is 0. The molecule has 1 aromatic carbocycles. The van der Waals surface area contributed by atoms with Gasteiger partial charge < -0.3 is 14.8 Å². The number of nitrogens with one attached hydrogen (secondary N) is 1. The molecule has 1 aliphatic rings. The number of fused-ring (bicyclic) bond motifs is 1. The normalized spacial score (nSPS) is 16.8. The number of nitrogens with zero attached hydrogens (tertiary/aromatic N) is 1. The highest BCUT2D eigenvalue weighted by Crippen LogP contribution is 2.24. The molecule has 0 atom stereocenters. The summed E-state index contributed by atoms with van der Waals surface area (Å²) in [7, 11) is 0. The summed E-state index contributed by atoms with van der Waals surface area (Å²) in [6.07, 6.45) is 1.54. The van der Waals surface area contributed by atoms with Gasteiger partial charge in [-0.05, 0) is 31.0 Å². The molecule has 0 saturated carbocycles. The summed E-state index contributed by atoms with van der Waals surface area (Å²) in [6, 6.07) is 4.75. The van der Waals surface area contributed by atoms with Crippen molar-refractivity contribution < 1.29 is 14.6 Å². The summed E-state index contributed by atoms with van der Waals surface area (Å²) in [6.45, 7) is 1.25. The number of carboxylic acids is 1. The maximum Gasteiger partial charge on any atom is 0.335 e. The molecule has 1 fully saturated rings. The molecule has 1 aromatic heterocycles. The quantitative estimate of drug-likeness (QED) is 0.856. The van der Waals surface area contributed by atoms with Gasteiger partial charge in [-0.25, -0.2) is 9.59 Å². The first kappa shape index (κ1) is 12.0. The molecule has 2 N–H and O–H groups in total. The Bertz CT molecular complexity index is 679. The van der Waals surface area contributed by atoms with Crippen molar-refractivity contribution in [2.75, 3.05) is 13.2 Å². The van der Waals surface area contributed by atoms with Crippen LogP contribution in [0, 0.1) is 0 Å². The van der Waals surface area contributed by atoms with Crippen molar-refractivity contribution in [2.24, 2.45) is 0 Å². The lowest BCUT2D eigenvalue weighted by Crippen LogP contribution is -2.27. The molecule has 0 radical (unpaired) electrons. The Hall–Kier alpha value is -2.08. The second-order valence-electron chi connectivity index (χ2n) is 4.68. The fraction of sp³-hybridized carbons (Fsp3) is 0.385. The van der Waals surface area contributed by atoms with Gasteiger partial charge in [-0.3, -0.25) is 4.57 Å². The second kappa shape index (κ2) is 4.55. The molecule has 1 aliphatic heterocycles. The van der Waals surface area contributed by atoms with Crippen LogP contribution in [0.3, 0.4) is 0 Å². The first-order valence-electron chi connectivity index (χ1n) is 6.22. The predicted octanol–water partition coefficient (Wildman–Crippen LogP) is 1.38. The van der Waals surface area contributed by atoms with Crippen LogP contribution in [0.2, 0.25) is 0 Å². The van der Waals surface area contributed by atoms with Crippen molar-refractivity contribution >= 4 is 17.0 Å². The van der Waals surface area contributed by atoms with Gasteiger partial charge in [0.2, 0.25) is 0 Å². The number of aromatic amines is 1. The van der Waals surface area contributed by atoms with Crippen LogP contribution in [0.1, 0.15) is 29.2 Å². The van der Waals surface area contributed by atoms with E-state index >= 15 is 0 Å². The maximum absolute atomic E-state index is 12.0. The summed E-state index contributed by atoms with van der Waals surface area (Å²) in [5, 5.41) is 9.03. The van der Waals surface area contributed by atoms with Gasteiger partial charge >= 0.3 is 11.7 Å². The SMILES string of the molecule is O=C(O)c1ccc2[nH]c(=O)n(C3CCOCC3)c2c1. The molecular formula is C13H14N2O4. The van der Waals surface area contributed by atoms with E-state index < -0.39 is 5.97 Å². The van der Waals surface area contributed by atoms with Crippen molar-refractivity contribution in [2.45, 2.75) is 18.9 Å². The number of imidazole rings is 1. The highest BCUT2D eigenvalue weighted by atomic mass is 16.5. The van der Waals surface area contributed by atoms with E-state index in [0.717, 1.165) is 12.8 Å². The van der Waals surface area contributed by atoms with Crippen LogP contribution >= 0.6 is 0 Å². The Morgan fingerprint density at radius 3 is 2.79 bits per heavy atom. The van der Waals surface area contributed by atoms with Gasteiger partial charge in [-0.1, -0.05) is 0 Å². The third-order valence-electron chi connectivity index (χ3n) is 3.52. The van der Waals surface area contributed by atoms with Crippen LogP contribution in [0.5, 0.6) is 0 Å². The zero-order valence-electron chi connectivity index (χ0n) is 10.3. The molecule has 2 aromatic rings. The number of H-pyrrole nitrogens is 1. The average molecular weight is 262 g/mol. The van der Waals surface area contributed by atoms with Crippen molar-refractivity contribution in [3.63, 3.8) is 0 Å². The Labute approximate surface area is 108 Å². The minimum atomic E-state index is -0.992. The van der Waals surface area contributed by atoms with Crippen LogP contribution in [0.25, 0.3) is 11.0 Å². The fourth-order valence-electron chi connectivity index (χ4n) is 2.56. The van der Waals surface area contributed by atoms with Gasteiger partial charge in [0.05, 0.1) is 16.6 Å². The van der Waals surface area contributed by atoms with Gasteiger partial charge in [0.15, 0.2) is 0 Å². The topological polar surface area (TPSA) is 84.3 Å². The number of hydrogen-bond acceptors (Lipinski definition) is 3. The van der Waals surface area contributed by atoms with Gasteiger partial charge in [-0.15, -0.1) is 0 Å². The Morgan fingerprint density at radius 2 is 2.11 bits per heavy atom. The van der Waals surface area contributed by atoms with Gasteiger partial charge in [0, 0.05) is 19.3 Å². The lowest BCUT2D eigenvalue weighted by molar-refractivity contribution is 0.0689. The molecule has 100 valence electrons. The maximum atomic E-state index is 12.0. The summed E-state index contributed by atoms with van der Waals surface area (Å²) in [5.41, 5.74) is 1.31. The lowest BCUT2D eigenvalue weighted by Gasteiger charge is -2.23. The van der Waals surface area contributed by atoms with Crippen molar-refractivity contribution in [1.29, 1.82) is 0 Å². The zero-order valence-corrected chi connectivity index (χ0v) is 10.3. The van der Waals surface area contributed by atoms with Gasteiger partial charge in [0.25, 0.3) is 0 Å². The number of carbonyl (C=O) groups is 1. The average Bonchev–Trinajstić information content (AvgIpc) is 2.74. The van der Waals surface area contributed by atoms with E-state index in [1.807, 2.05) is 0 Å². The van der Waals surface area contributed by atoms with Crippen LogP contribution < -0.4 is 5.69 Å². The van der Waals surface area contributed by atoms with E-state index in [4.69, 9.17) is 9.84 Å². The molecule has 0 unspecified atom stereocenters. The highest BCUT2D eigenvalue weighted by molar-refractivity contribution is 5.92. The number of hydrogen-bond donors (Lipinski definition) is 2. The van der Waals surface area contributed by atoms with Gasteiger partial charge in [0.1, 0.15) is 0 Å². The van der Waals surface area contributed by atoms with Crippen LogP contribution in [0.15, 0.2) is 23.0 Å². The Balaban J connectivity index is 2.16. The number of aromatic nitrogens is 2. The van der Waals surface area contributed by atoms with E-state index in [2.05, 4.69) is 4.98 Å². The largest absolute Gasteiger partial charge is 0.478 e. The third kappa shape index (κ3) is 2.04. The molecule has 6 nitrogen and oxygen atoms in total. The molecule has 1 saturated heterocycles. The minimum absolute atomic E-state index is 0.0686. The Morgan fingerprint density at radius 1 is 1.37 bits per heavy atom. The van der Waals surface area contributed by atoms with Crippen LogP contribution in [-0.4, -0.2) is 33.8 Å². The predicted molar refractivity (Wildman–Crippen MR) is 68.6 cm³/mol. The second-order valence-corrected chi connectivity index (χ2v) is 4.68. The number of carboxylic acid groups (broad SMARTS) is 1. The number of ether oxygens (including phenoxy) is 1. The molecule has 6 heteroatoms. The summed E-state index contributed by atoms with van der Waals surface area (Å²) < 4.78 is 6.95. The van der Waals surface area contributed by atoms with E-state index in [0.29, 0.717) is 24.2 Å². The molecule has 3 rings (SSSR count). The van der Waals surface area contributed by atoms with Crippen molar-refractivity contribution in [1.82, 2.24) is 9.55 Å². The number of benzene rings is 1. The summed E-state index contributed by atoms with van der Waals surface area (Å²) in [5.74, 6) is -0.992. The Kier molecular flexibility index (Phi) is 2.87. The van der Waals surface area contributed by atoms with E-state index in [1.165, 1.54) is 6.07 Å². The van der Waals surface area contributed by atoms with Crippen LogP contribution in [0.4, 0.5) is 0 Å². The highest BCUT2D eigenvalue weighted by Gasteiger charge is 2.20. The first-order chi connectivity index (χ1) is 9.16. The molecular weight excluding hydrogens is 248 g/mol.